The van der Waals surface area contributed by atoms with Gasteiger partial charge in [-0.1, -0.05) is 0 Å². The first-order valence-corrected chi connectivity index (χ1v) is 9.87. The Morgan fingerprint density at radius 2 is 2.00 bits per heavy atom. The third kappa shape index (κ3) is 3.34. The molecule has 0 spiro atoms. The van der Waals surface area contributed by atoms with E-state index in [4.69, 9.17) is 0 Å². The van der Waals surface area contributed by atoms with E-state index in [1.54, 1.807) is 16.7 Å². The molecule has 2 aromatic heterocycles. The second-order valence-corrected chi connectivity index (χ2v) is 8.52. The minimum absolute atomic E-state index is 0.307. The zero-order valence-electron chi connectivity index (χ0n) is 14.5. The molecule has 1 atom stereocenters. The van der Waals surface area contributed by atoms with E-state index in [1.165, 1.54) is 6.26 Å². The lowest BCUT2D eigenvalue weighted by atomic mass is 10.0. The van der Waals surface area contributed by atoms with E-state index in [0.717, 1.165) is 41.2 Å². The maximum absolute atomic E-state index is 11.6. The van der Waals surface area contributed by atoms with Gasteiger partial charge in [0.15, 0.2) is 0 Å². The Morgan fingerprint density at radius 3 is 2.50 bits per heavy atom. The Kier molecular flexibility index (Phi) is 4.44. The van der Waals surface area contributed by atoms with Crippen LogP contribution in [0.1, 0.15) is 23.5 Å². The van der Waals surface area contributed by atoms with Crippen LogP contribution >= 0.6 is 0 Å². The molecular formula is C16H23N5O2S. The third-order valence-corrected chi connectivity index (χ3v) is 5.96. The molecule has 1 aliphatic heterocycles. The molecule has 2 aromatic rings. The van der Waals surface area contributed by atoms with Gasteiger partial charge in [-0.3, -0.25) is 14.6 Å². The summed E-state index contributed by atoms with van der Waals surface area (Å²) in [4.78, 5) is 9.08. The molecule has 3 rings (SSSR count). The van der Waals surface area contributed by atoms with Crippen molar-refractivity contribution in [3.05, 3.63) is 29.5 Å². The molecule has 3 heterocycles. The Morgan fingerprint density at radius 1 is 1.25 bits per heavy atom. The van der Waals surface area contributed by atoms with E-state index in [2.05, 4.69) is 15.1 Å². The first-order chi connectivity index (χ1) is 11.3. The predicted octanol–water partition coefficient (Wildman–Crippen LogP) is 1.32. The number of nitrogens with zero attached hydrogens (tertiary/aromatic N) is 5. The van der Waals surface area contributed by atoms with Crippen molar-refractivity contribution in [3.63, 3.8) is 0 Å². The van der Waals surface area contributed by atoms with Gasteiger partial charge in [-0.15, -0.1) is 0 Å². The van der Waals surface area contributed by atoms with Crippen molar-refractivity contribution < 1.29 is 8.42 Å². The van der Waals surface area contributed by atoms with E-state index >= 15 is 0 Å². The number of rotatable bonds is 4. The highest BCUT2D eigenvalue weighted by Gasteiger charge is 2.28. The fourth-order valence-electron chi connectivity index (χ4n) is 3.29. The number of hydrogen-bond donors (Lipinski definition) is 0. The largest absolute Gasteiger partial charge is 0.272 e. The molecule has 130 valence electrons. The van der Waals surface area contributed by atoms with Crippen molar-refractivity contribution in [3.8, 4) is 11.3 Å². The van der Waals surface area contributed by atoms with Crippen molar-refractivity contribution in [1.29, 1.82) is 0 Å². The summed E-state index contributed by atoms with van der Waals surface area (Å²) in [6.07, 6.45) is 6.48. The van der Waals surface area contributed by atoms with Crippen LogP contribution in [0.25, 0.3) is 11.3 Å². The molecule has 0 N–H and O–H groups in total. The normalized spacial score (nSPS) is 19.1. The van der Waals surface area contributed by atoms with E-state index in [9.17, 15) is 8.42 Å². The van der Waals surface area contributed by atoms with Gasteiger partial charge in [0.2, 0.25) is 10.0 Å². The summed E-state index contributed by atoms with van der Waals surface area (Å²) < 4.78 is 26.6. The molecule has 24 heavy (non-hydrogen) atoms. The lowest BCUT2D eigenvalue weighted by Crippen LogP contribution is -2.27. The molecule has 7 nitrogen and oxygen atoms in total. The average molecular weight is 349 g/mol. The lowest BCUT2D eigenvalue weighted by Gasteiger charge is -2.13. The molecule has 0 radical (unpaired) electrons. The fraction of sp³-hybridized carbons (Fsp3) is 0.562. The maximum atomic E-state index is 11.6. The average Bonchev–Trinajstić information content (AvgIpc) is 3.06. The number of aryl methyl sites for hydroxylation is 2. The quantitative estimate of drug-likeness (QED) is 0.831. The van der Waals surface area contributed by atoms with Gasteiger partial charge in [0.25, 0.3) is 0 Å². The zero-order chi connectivity index (χ0) is 17.5. The molecule has 8 heteroatoms. The molecule has 1 aliphatic rings. The summed E-state index contributed by atoms with van der Waals surface area (Å²) >= 11 is 0. The van der Waals surface area contributed by atoms with Gasteiger partial charge in [0.1, 0.15) is 0 Å². The Labute approximate surface area is 142 Å². The summed E-state index contributed by atoms with van der Waals surface area (Å²) in [5.41, 5.74) is 4.76. The topological polar surface area (TPSA) is 81.0 Å². The summed E-state index contributed by atoms with van der Waals surface area (Å²) in [6.45, 7) is 5.16. The van der Waals surface area contributed by atoms with E-state index in [0.29, 0.717) is 19.0 Å². The van der Waals surface area contributed by atoms with Crippen molar-refractivity contribution in [2.45, 2.75) is 26.7 Å². The highest BCUT2D eigenvalue weighted by Crippen LogP contribution is 2.25. The molecule has 0 aliphatic carbocycles. The van der Waals surface area contributed by atoms with Crippen LogP contribution < -0.4 is 0 Å². The van der Waals surface area contributed by atoms with Gasteiger partial charge in [-0.2, -0.15) is 5.10 Å². The van der Waals surface area contributed by atoms with E-state index in [1.807, 2.05) is 25.6 Å². The highest BCUT2D eigenvalue weighted by atomic mass is 32.2. The molecule has 1 fully saturated rings. The second kappa shape index (κ2) is 6.25. The van der Waals surface area contributed by atoms with Gasteiger partial charge < -0.3 is 0 Å². The molecular weight excluding hydrogens is 326 g/mol. The van der Waals surface area contributed by atoms with Crippen LogP contribution in [0.3, 0.4) is 0 Å². The number of aromatic nitrogens is 4. The molecule has 0 amide bonds. The smallest absolute Gasteiger partial charge is 0.211 e. The highest BCUT2D eigenvalue weighted by molar-refractivity contribution is 7.88. The summed E-state index contributed by atoms with van der Waals surface area (Å²) in [7, 11) is -1.17. The van der Waals surface area contributed by atoms with Crippen molar-refractivity contribution in [1.82, 2.24) is 24.1 Å². The lowest BCUT2D eigenvalue weighted by molar-refractivity contribution is 0.459. The van der Waals surface area contributed by atoms with Gasteiger partial charge in [0, 0.05) is 37.6 Å². The van der Waals surface area contributed by atoms with Crippen LogP contribution in [0.15, 0.2) is 12.4 Å². The SMILES string of the molecule is Cc1nn(C)c(C)c1-c1cnc(C[C@@H]2CCN(S(C)(=O)=O)C2)cn1. The zero-order valence-corrected chi connectivity index (χ0v) is 15.3. The maximum Gasteiger partial charge on any atom is 0.211 e. The molecule has 0 unspecified atom stereocenters. The first-order valence-electron chi connectivity index (χ1n) is 8.02. The van der Waals surface area contributed by atoms with E-state index in [-0.39, 0.29) is 0 Å². The van der Waals surface area contributed by atoms with Gasteiger partial charge in [-0.25, -0.2) is 12.7 Å². The van der Waals surface area contributed by atoms with Gasteiger partial charge in [-0.05, 0) is 32.6 Å². The summed E-state index contributed by atoms with van der Waals surface area (Å²) in [6, 6.07) is 0. The Balaban J connectivity index is 1.72. The molecule has 0 bridgehead atoms. The fourth-order valence-corrected chi connectivity index (χ4v) is 4.21. The van der Waals surface area contributed by atoms with E-state index < -0.39 is 10.0 Å². The Hall–Kier alpha value is -1.80. The summed E-state index contributed by atoms with van der Waals surface area (Å²) in [5, 5.41) is 4.41. The van der Waals surface area contributed by atoms with Gasteiger partial charge in [0.05, 0.1) is 29.5 Å². The van der Waals surface area contributed by atoms with Crippen LogP contribution in [0, 0.1) is 19.8 Å². The van der Waals surface area contributed by atoms with Crippen LogP contribution in [0.4, 0.5) is 0 Å². The summed E-state index contributed by atoms with van der Waals surface area (Å²) in [5.74, 6) is 0.307. The van der Waals surface area contributed by atoms with Crippen LogP contribution in [-0.4, -0.2) is 51.8 Å². The minimum atomic E-state index is -3.09. The van der Waals surface area contributed by atoms with Crippen LogP contribution in [0.2, 0.25) is 0 Å². The molecule has 1 saturated heterocycles. The first kappa shape index (κ1) is 17.0. The van der Waals surface area contributed by atoms with Crippen LogP contribution in [-0.2, 0) is 23.5 Å². The van der Waals surface area contributed by atoms with Crippen molar-refractivity contribution >= 4 is 10.0 Å². The monoisotopic (exact) mass is 349 g/mol. The standard InChI is InChI=1S/C16H23N5O2S/c1-11-16(12(2)20(3)19-11)15-9-17-14(8-18-15)7-13-5-6-21(10-13)24(4,22)23/h8-9,13H,5-7,10H2,1-4H3/t13-/m0/s1. The van der Waals surface area contributed by atoms with Gasteiger partial charge >= 0.3 is 0 Å². The van der Waals surface area contributed by atoms with Crippen molar-refractivity contribution in [2.75, 3.05) is 19.3 Å². The second-order valence-electron chi connectivity index (χ2n) is 6.54. The Bertz CT molecular complexity index is 842. The molecule has 0 aromatic carbocycles. The minimum Gasteiger partial charge on any atom is -0.272 e. The number of hydrogen-bond acceptors (Lipinski definition) is 5. The molecule has 0 saturated carbocycles. The third-order valence-electron chi connectivity index (χ3n) is 4.69. The van der Waals surface area contributed by atoms with Crippen LogP contribution in [0.5, 0.6) is 0 Å². The van der Waals surface area contributed by atoms with Crippen molar-refractivity contribution in [2.24, 2.45) is 13.0 Å². The number of sulfonamides is 1. The predicted molar refractivity (Wildman–Crippen MR) is 91.9 cm³/mol.